The van der Waals surface area contributed by atoms with E-state index in [9.17, 15) is 0 Å². The van der Waals surface area contributed by atoms with Crippen LogP contribution in [0.15, 0.2) is 36.4 Å². The molecule has 2 heteroatoms. The summed E-state index contributed by atoms with van der Waals surface area (Å²) in [5.74, 6) is 1.87. The van der Waals surface area contributed by atoms with E-state index in [0.29, 0.717) is 13.2 Å². The Balaban J connectivity index is 2.03. The smallest absolute Gasteiger partial charge is 0.123 e. The van der Waals surface area contributed by atoms with Crippen molar-refractivity contribution < 1.29 is 9.47 Å². The van der Waals surface area contributed by atoms with Gasteiger partial charge in [0.25, 0.3) is 0 Å². The number of hydrogen-bond donors (Lipinski definition) is 0. The van der Waals surface area contributed by atoms with Gasteiger partial charge in [0.2, 0.25) is 0 Å². The zero-order valence-corrected chi connectivity index (χ0v) is 14.1. The molecule has 0 aromatic heterocycles. The van der Waals surface area contributed by atoms with Crippen LogP contribution in [0.2, 0.25) is 0 Å². The molecule has 0 fully saturated rings. The van der Waals surface area contributed by atoms with Gasteiger partial charge in [-0.15, -0.1) is 0 Å². The van der Waals surface area contributed by atoms with E-state index in [2.05, 4.69) is 45.0 Å². The number of rotatable bonds is 7. The molecule has 0 radical (unpaired) electrons. The Morgan fingerprint density at radius 1 is 0.727 bits per heavy atom. The van der Waals surface area contributed by atoms with Crippen LogP contribution in [0.4, 0.5) is 0 Å². The average molecular weight is 298 g/mol. The van der Waals surface area contributed by atoms with Crippen molar-refractivity contribution >= 4 is 0 Å². The molecule has 0 aliphatic heterocycles. The zero-order chi connectivity index (χ0) is 15.9. The van der Waals surface area contributed by atoms with E-state index in [0.717, 1.165) is 29.0 Å². The molecule has 0 saturated carbocycles. The second-order valence-electron chi connectivity index (χ2n) is 5.60. The van der Waals surface area contributed by atoms with Gasteiger partial charge in [0.05, 0.1) is 6.61 Å². The van der Waals surface area contributed by atoms with E-state index < -0.39 is 0 Å². The molecule has 0 unspecified atom stereocenters. The standard InChI is InChI=1S/C20H26O2/c1-5-7-17-8-10-18(11-9-17)14-22-20-13-12-19(21-6-2)15(3)16(20)4/h8-13H,5-7,14H2,1-4H3. The molecule has 0 spiro atoms. The fourth-order valence-corrected chi connectivity index (χ4v) is 2.49. The Morgan fingerprint density at radius 2 is 1.27 bits per heavy atom. The third-order valence-corrected chi connectivity index (χ3v) is 3.94. The lowest BCUT2D eigenvalue weighted by molar-refractivity contribution is 0.301. The Morgan fingerprint density at radius 3 is 1.82 bits per heavy atom. The summed E-state index contributed by atoms with van der Waals surface area (Å²) in [6, 6.07) is 12.7. The van der Waals surface area contributed by atoms with Crippen LogP contribution in [0.3, 0.4) is 0 Å². The van der Waals surface area contributed by atoms with Gasteiger partial charge in [0.1, 0.15) is 18.1 Å². The number of ether oxygens (including phenoxy) is 2. The molecule has 0 heterocycles. The van der Waals surface area contributed by atoms with Gasteiger partial charge in [-0.2, -0.15) is 0 Å². The predicted octanol–water partition coefficient (Wildman–Crippen LogP) is 5.23. The molecular weight excluding hydrogens is 272 g/mol. The Hall–Kier alpha value is -1.96. The van der Waals surface area contributed by atoms with Crippen LogP contribution in [0.1, 0.15) is 42.5 Å². The lowest BCUT2D eigenvalue weighted by Gasteiger charge is -2.14. The van der Waals surface area contributed by atoms with Crippen LogP contribution >= 0.6 is 0 Å². The maximum atomic E-state index is 5.98. The van der Waals surface area contributed by atoms with Gasteiger partial charge in [0, 0.05) is 0 Å². The molecule has 0 amide bonds. The molecule has 0 N–H and O–H groups in total. The molecule has 0 saturated heterocycles. The Bertz CT molecular complexity index is 600. The third-order valence-electron chi connectivity index (χ3n) is 3.94. The van der Waals surface area contributed by atoms with Gasteiger partial charge in [-0.3, -0.25) is 0 Å². The van der Waals surface area contributed by atoms with Crippen LogP contribution in [0.25, 0.3) is 0 Å². The maximum Gasteiger partial charge on any atom is 0.123 e. The summed E-state index contributed by atoms with van der Waals surface area (Å²) in [7, 11) is 0. The number of aryl methyl sites for hydroxylation is 1. The minimum absolute atomic E-state index is 0.598. The van der Waals surface area contributed by atoms with Crippen LogP contribution in [0.5, 0.6) is 11.5 Å². The van der Waals surface area contributed by atoms with Crippen molar-refractivity contribution in [3.8, 4) is 11.5 Å². The third kappa shape index (κ3) is 4.03. The summed E-state index contributed by atoms with van der Waals surface area (Å²) in [6.45, 7) is 9.64. The second kappa shape index (κ2) is 7.88. The molecule has 0 bridgehead atoms. The van der Waals surface area contributed by atoms with E-state index in [-0.39, 0.29) is 0 Å². The summed E-state index contributed by atoms with van der Waals surface area (Å²) < 4.78 is 11.6. The van der Waals surface area contributed by atoms with Crippen LogP contribution in [-0.2, 0) is 13.0 Å². The van der Waals surface area contributed by atoms with Crippen molar-refractivity contribution in [3.05, 3.63) is 58.7 Å². The molecule has 0 aliphatic rings. The number of benzene rings is 2. The van der Waals surface area contributed by atoms with Crippen molar-refractivity contribution in [3.63, 3.8) is 0 Å². The van der Waals surface area contributed by atoms with E-state index >= 15 is 0 Å². The van der Waals surface area contributed by atoms with E-state index in [1.54, 1.807) is 0 Å². The van der Waals surface area contributed by atoms with Gasteiger partial charge in [-0.1, -0.05) is 37.6 Å². The minimum Gasteiger partial charge on any atom is -0.494 e. The van der Waals surface area contributed by atoms with Gasteiger partial charge in [-0.25, -0.2) is 0 Å². The van der Waals surface area contributed by atoms with Crippen molar-refractivity contribution in [1.82, 2.24) is 0 Å². The summed E-state index contributed by atoms with van der Waals surface area (Å²) in [4.78, 5) is 0. The zero-order valence-electron chi connectivity index (χ0n) is 14.1. The first kappa shape index (κ1) is 16.4. The quantitative estimate of drug-likeness (QED) is 0.696. The first-order valence-electron chi connectivity index (χ1n) is 8.09. The topological polar surface area (TPSA) is 18.5 Å². The van der Waals surface area contributed by atoms with Crippen molar-refractivity contribution in [2.45, 2.75) is 47.1 Å². The highest BCUT2D eigenvalue weighted by molar-refractivity contribution is 5.47. The van der Waals surface area contributed by atoms with Gasteiger partial charge < -0.3 is 9.47 Å². The summed E-state index contributed by atoms with van der Waals surface area (Å²) in [6.07, 6.45) is 2.32. The molecule has 118 valence electrons. The molecule has 2 aromatic carbocycles. The average Bonchev–Trinajstić information content (AvgIpc) is 2.53. The van der Waals surface area contributed by atoms with E-state index in [1.165, 1.54) is 17.5 Å². The van der Waals surface area contributed by atoms with Crippen molar-refractivity contribution in [2.24, 2.45) is 0 Å². The number of hydrogen-bond acceptors (Lipinski definition) is 2. The normalized spacial score (nSPS) is 10.5. The lowest BCUT2D eigenvalue weighted by atomic mass is 10.1. The fraction of sp³-hybridized carbons (Fsp3) is 0.400. The lowest BCUT2D eigenvalue weighted by Crippen LogP contribution is -2.01. The van der Waals surface area contributed by atoms with Gasteiger partial charge >= 0.3 is 0 Å². The first-order chi connectivity index (χ1) is 10.7. The molecule has 2 aromatic rings. The van der Waals surface area contributed by atoms with Crippen LogP contribution in [0, 0.1) is 13.8 Å². The van der Waals surface area contributed by atoms with Gasteiger partial charge in [0.15, 0.2) is 0 Å². The SMILES string of the molecule is CCCc1ccc(COc2ccc(OCC)c(C)c2C)cc1. The molecule has 2 nitrogen and oxygen atoms in total. The Labute approximate surface area is 134 Å². The summed E-state index contributed by atoms with van der Waals surface area (Å²) >= 11 is 0. The first-order valence-corrected chi connectivity index (χ1v) is 8.09. The molecular formula is C20H26O2. The van der Waals surface area contributed by atoms with Gasteiger partial charge in [-0.05, 0) is 61.6 Å². The highest BCUT2D eigenvalue weighted by atomic mass is 16.5. The molecule has 22 heavy (non-hydrogen) atoms. The van der Waals surface area contributed by atoms with Crippen molar-refractivity contribution in [1.29, 1.82) is 0 Å². The van der Waals surface area contributed by atoms with Crippen molar-refractivity contribution in [2.75, 3.05) is 6.61 Å². The minimum atomic E-state index is 0.598. The van der Waals surface area contributed by atoms with Crippen LogP contribution < -0.4 is 9.47 Å². The second-order valence-corrected chi connectivity index (χ2v) is 5.60. The summed E-state index contributed by atoms with van der Waals surface area (Å²) in [5.41, 5.74) is 4.89. The van der Waals surface area contributed by atoms with Crippen LogP contribution in [-0.4, -0.2) is 6.61 Å². The predicted molar refractivity (Wildman–Crippen MR) is 91.9 cm³/mol. The Kier molecular flexibility index (Phi) is 5.88. The fourth-order valence-electron chi connectivity index (χ4n) is 2.49. The maximum absolute atomic E-state index is 5.98. The highest BCUT2D eigenvalue weighted by Crippen LogP contribution is 2.29. The molecule has 0 atom stereocenters. The molecule has 0 aliphatic carbocycles. The monoisotopic (exact) mass is 298 g/mol. The highest BCUT2D eigenvalue weighted by Gasteiger charge is 2.08. The largest absolute Gasteiger partial charge is 0.494 e. The summed E-state index contributed by atoms with van der Waals surface area (Å²) in [5, 5.41) is 0. The van der Waals surface area contributed by atoms with E-state index in [1.807, 2.05) is 19.1 Å². The van der Waals surface area contributed by atoms with E-state index in [4.69, 9.17) is 9.47 Å². The molecule has 2 rings (SSSR count).